The van der Waals surface area contributed by atoms with Gasteiger partial charge >= 0.3 is 0 Å². The molecule has 0 unspecified atom stereocenters. The minimum Gasteiger partial charge on any atom is -0.373 e. The van der Waals surface area contributed by atoms with E-state index < -0.39 is 5.41 Å². The molecule has 0 saturated heterocycles. The summed E-state index contributed by atoms with van der Waals surface area (Å²) in [5, 5.41) is 0. The Bertz CT molecular complexity index is 182. The highest BCUT2D eigenvalue weighted by molar-refractivity contribution is 6.13. The molecule has 0 amide bonds. The molecule has 0 radical (unpaired) electrons. The Morgan fingerprint density at radius 1 is 0.889 bits per heavy atom. The monoisotopic (exact) mass is 276 g/mol. The molecule has 0 aromatic rings. The minimum absolute atomic E-state index is 0.0888. The highest BCUT2D eigenvalue weighted by Gasteiger charge is 2.35. The fraction of sp³-hybridized carbons (Fsp3) is 1.00. The number of hydrogen-bond acceptors (Lipinski definition) is 3. The van der Waals surface area contributed by atoms with Crippen LogP contribution in [0.4, 0.5) is 0 Å². The Labute approximate surface area is 116 Å². The fourth-order valence-corrected chi connectivity index (χ4v) is 3.29. The molecular formula is C14H32O3Si. The van der Waals surface area contributed by atoms with Gasteiger partial charge in [-0.25, -0.2) is 0 Å². The van der Waals surface area contributed by atoms with E-state index in [4.69, 9.17) is 14.2 Å². The SMILES string of the molecule is CCCCCC[C@H](OCC)C([SiH3])(OCC)OCC. The molecule has 3 nitrogen and oxygen atoms in total. The van der Waals surface area contributed by atoms with Gasteiger partial charge < -0.3 is 14.2 Å². The molecule has 0 aliphatic carbocycles. The fourth-order valence-electron chi connectivity index (χ4n) is 2.26. The summed E-state index contributed by atoms with van der Waals surface area (Å²) in [6.07, 6.45) is 6.17. The maximum absolute atomic E-state index is 5.88. The standard InChI is InChI=1S/C14H32O3Si/c1-5-9-10-11-12-13(15-6-2)14(18,16-7-3)17-8-4/h13H,5-12H2,1-4,18H3/t13-/m0/s1. The topological polar surface area (TPSA) is 27.7 Å². The lowest BCUT2D eigenvalue weighted by atomic mass is 10.1. The predicted octanol–water partition coefficient (Wildman–Crippen LogP) is 2.45. The molecule has 0 N–H and O–H groups in total. The van der Waals surface area contributed by atoms with Gasteiger partial charge in [0.1, 0.15) is 6.10 Å². The van der Waals surface area contributed by atoms with Crippen LogP contribution in [0.3, 0.4) is 0 Å². The molecule has 4 heteroatoms. The molecule has 0 aromatic carbocycles. The van der Waals surface area contributed by atoms with Crippen molar-refractivity contribution >= 4 is 10.2 Å². The Hall–Kier alpha value is 0.0969. The van der Waals surface area contributed by atoms with E-state index in [-0.39, 0.29) is 6.10 Å². The lowest BCUT2D eigenvalue weighted by molar-refractivity contribution is -0.237. The Kier molecular flexibility index (Phi) is 11.0. The van der Waals surface area contributed by atoms with Crippen LogP contribution in [0, 0.1) is 0 Å². The van der Waals surface area contributed by atoms with E-state index in [1.807, 2.05) is 20.8 Å². The molecule has 0 bridgehead atoms. The predicted molar refractivity (Wildman–Crippen MR) is 80.1 cm³/mol. The van der Waals surface area contributed by atoms with Crippen molar-refractivity contribution in [2.24, 2.45) is 0 Å². The van der Waals surface area contributed by atoms with Crippen molar-refractivity contribution in [1.82, 2.24) is 0 Å². The molecule has 0 rings (SSSR count). The summed E-state index contributed by atoms with van der Waals surface area (Å²) in [6, 6.07) is 0. The van der Waals surface area contributed by atoms with Crippen molar-refractivity contribution in [3.8, 4) is 0 Å². The summed E-state index contributed by atoms with van der Waals surface area (Å²) < 4.78 is 17.6. The molecule has 0 aliphatic heterocycles. The van der Waals surface area contributed by atoms with Gasteiger partial charge in [0.2, 0.25) is 0 Å². The quantitative estimate of drug-likeness (QED) is 0.311. The number of hydrogen-bond donors (Lipinski definition) is 0. The molecule has 0 heterocycles. The summed E-state index contributed by atoms with van der Waals surface area (Å²) in [5.74, 6) is 0. The summed E-state index contributed by atoms with van der Waals surface area (Å²) in [6.45, 7) is 10.4. The molecule has 0 spiro atoms. The normalized spacial score (nSPS) is 14.0. The average molecular weight is 276 g/mol. The zero-order chi connectivity index (χ0) is 13.9. The molecule has 0 aromatic heterocycles. The van der Waals surface area contributed by atoms with Gasteiger partial charge in [-0.2, -0.15) is 0 Å². The summed E-state index contributed by atoms with van der Waals surface area (Å²) >= 11 is 0. The second kappa shape index (κ2) is 11.0. The zero-order valence-electron chi connectivity index (χ0n) is 13.0. The number of unbranched alkanes of at least 4 members (excludes halogenated alkanes) is 3. The van der Waals surface area contributed by atoms with Crippen molar-refractivity contribution in [1.29, 1.82) is 0 Å². The summed E-state index contributed by atoms with van der Waals surface area (Å²) in [4.78, 5) is 0. The van der Waals surface area contributed by atoms with Crippen LogP contribution in [0.5, 0.6) is 0 Å². The van der Waals surface area contributed by atoms with Crippen molar-refractivity contribution in [3.05, 3.63) is 0 Å². The number of ether oxygens (including phenoxy) is 3. The third kappa shape index (κ3) is 6.88. The Morgan fingerprint density at radius 2 is 1.50 bits per heavy atom. The first-order chi connectivity index (χ1) is 8.64. The smallest absolute Gasteiger partial charge is 0.166 e. The first kappa shape index (κ1) is 18.1. The summed E-state index contributed by atoms with van der Waals surface area (Å²) in [7, 11) is 0.835. The zero-order valence-corrected chi connectivity index (χ0v) is 15.0. The highest BCUT2D eigenvalue weighted by atomic mass is 28.1. The third-order valence-corrected chi connectivity index (χ3v) is 4.36. The molecule has 0 fully saturated rings. The van der Waals surface area contributed by atoms with Gasteiger partial charge in [-0.3, -0.25) is 0 Å². The third-order valence-electron chi connectivity index (χ3n) is 3.13. The lowest BCUT2D eigenvalue weighted by Gasteiger charge is -2.37. The maximum Gasteiger partial charge on any atom is 0.166 e. The Balaban J connectivity index is 4.38. The van der Waals surface area contributed by atoms with E-state index in [1.165, 1.54) is 25.7 Å². The average Bonchev–Trinajstić information content (AvgIpc) is 2.33. The van der Waals surface area contributed by atoms with E-state index in [2.05, 4.69) is 6.92 Å². The lowest BCUT2D eigenvalue weighted by Crippen LogP contribution is -2.49. The van der Waals surface area contributed by atoms with Gasteiger partial charge in [0, 0.05) is 19.8 Å². The van der Waals surface area contributed by atoms with E-state index in [9.17, 15) is 0 Å². The first-order valence-corrected chi connectivity index (χ1v) is 8.54. The van der Waals surface area contributed by atoms with Crippen LogP contribution >= 0.6 is 0 Å². The van der Waals surface area contributed by atoms with Gasteiger partial charge in [-0.05, 0) is 27.2 Å². The minimum atomic E-state index is -0.467. The van der Waals surface area contributed by atoms with Crippen molar-refractivity contribution in [2.75, 3.05) is 19.8 Å². The van der Waals surface area contributed by atoms with Gasteiger partial charge in [0.15, 0.2) is 5.41 Å². The number of rotatable bonds is 12. The van der Waals surface area contributed by atoms with Gasteiger partial charge in [-0.15, -0.1) is 0 Å². The van der Waals surface area contributed by atoms with Crippen LogP contribution in [0.25, 0.3) is 0 Å². The van der Waals surface area contributed by atoms with Crippen molar-refractivity contribution < 1.29 is 14.2 Å². The van der Waals surface area contributed by atoms with Crippen LogP contribution in [0.2, 0.25) is 0 Å². The van der Waals surface area contributed by atoms with Crippen LogP contribution < -0.4 is 0 Å². The van der Waals surface area contributed by atoms with Gasteiger partial charge in [0.05, 0.1) is 10.2 Å². The van der Waals surface area contributed by atoms with Crippen LogP contribution in [-0.2, 0) is 14.2 Å². The van der Waals surface area contributed by atoms with E-state index in [1.54, 1.807) is 0 Å². The molecular weight excluding hydrogens is 244 g/mol. The molecule has 18 heavy (non-hydrogen) atoms. The molecule has 0 aliphatic rings. The summed E-state index contributed by atoms with van der Waals surface area (Å²) in [5.41, 5.74) is -0.467. The van der Waals surface area contributed by atoms with Crippen LogP contribution in [0.1, 0.15) is 59.8 Å². The van der Waals surface area contributed by atoms with Crippen molar-refractivity contribution in [3.63, 3.8) is 0 Å². The van der Waals surface area contributed by atoms with Gasteiger partial charge in [-0.1, -0.05) is 32.6 Å². The first-order valence-electron chi connectivity index (χ1n) is 7.54. The molecule has 0 saturated carbocycles. The molecule has 1 atom stereocenters. The van der Waals surface area contributed by atoms with E-state index in [0.29, 0.717) is 13.2 Å². The largest absolute Gasteiger partial charge is 0.373 e. The Morgan fingerprint density at radius 3 is 1.94 bits per heavy atom. The van der Waals surface area contributed by atoms with E-state index >= 15 is 0 Å². The van der Waals surface area contributed by atoms with E-state index in [0.717, 1.165) is 23.3 Å². The van der Waals surface area contributed by atoms with Crippen LogP contribution in [0.15, 0.2) is 0 Å². The molecule has 110 valence electrons. The second-order valence-electron chi connectivity index (χ2n) is 4.68. The second-order valence-corrected chi connectivity index (χ2v) is 6.07. The maximum atomic E-state index is 5.88. The van der Waals surface area contributed by atoms with Crippen LogP contribution in [-0.4, -0.2) is 41.6 Å². The highest BCUT2D eigenvalue weighted by Crippen LogP contribution is 2.23. The van der Waals surface area contributed by atoms with Gasteiger partial charge in [0.25, 0.3) is 0 Å². The van der Waals surface area contributed by atoms with Crippen molar-refractivity contribution in [2.45, 2.75) is 71.3 Å².